The van der Waals surface area contributed by atoms with E-state index in [-0.39, 0.29) is 0 Å². The van der Waals surface area contributed by atoms with E-state index in [0.29, 0.717) is 16.6 Å². The minimum atomic E-state index is -2.28. The number of hydrogen-bond acceptors (Lipinski definition) is 3. The third kappa shape index (κ3) is 3.04. The van der Waals surface area contributed by atoms with Crippen LogP contribution in [0, 0.1) is 0 Å². The molecule has 0 spiro atoms. The van der Waals surface area contributed by atoms with Crippen LogP contribution in [0.3, 0.4) is 0 Å². The Morgan fingerprint density at radius 1 is 1.00 bits per heavy atom. The molecule has 0 amide bonds. The van der Waals surface area contributed by atoms with E-state index in [9.17, 15) is 0 Å². The molecular weight excluding hydrogens is 280 g/mol. The van der Waals surface area contributed by atoms with E-state index >= 15 is 0 Å². The van der Waals surface area contributed by atoms with Crippen LogP contribution in [0.2, 0.25) is 16.6 Å². The van der Waals surface area contributed by atoms with Gasteiger partial charge in [0, 0.05) is 0 Å². The van der Waals surface area contributed by atoms with Gasteiger partial charge in [-0.2, -0.15) is 0 Å². The third-order valence-corrected chi connectivity index (χ3v) is 12.2. The van der Waals surface area contributed by atoms with Gasteiger partial charge < -0.3 is 0 Å². The molecule has 1 aliphatic heterocycles. The second-order valence-electron chi connectivity index (χ2n) is 7.43. The Morgan fingerprint density at radius 2 is 1.57 bits per heavy atom. The van der Waals surface area contributed by atoms with Gasteiger partial charge in [0.25, 0.3) is 0 Å². The molecular formula is C16H31N2O2Si-. The van der Waals surface area contributed by atoms with E-state index in [2.05, 4.69) is 51.7 Å². The summed E-state index contributed by atoms with van der Waals surface area (Å²) in [6.45, 7) is 15.5. The van der Waals surface area contributed by atoms with Crippen molar-refractivity contribution in [2.45, 2.75) is 71.0 Å². The molecule has 1 aromatic rings. The fourth-order valence-electron chi connectivity index (χ4n) is 4.31. The number of nitrogens with zero attached hydrogens (tertiary/aromatic N) is 1. The number of fused-ring (bicyclic) bond motifs is 1. The zero-order chi connectivity index (χ0) is 15.6. The Morgan fingerprint density at radius 3 is 2.14 bits per heavy atom. The van der Waals surface area contributed by atoms with Crippen molar-refractivity contribution >= 4 is 8.32 Å². The molecule has 5 heteroatoms. The number of aromatic nitrogens is 2. The van der Waals surface area contributed by atoms with Crippen molar-refractivity contribution < 1.29 is 9.16 Å². The van der Waals surface area contributed by atoms with Crippen LogP contribution in [-0.2, 0) is 17.6 Å². The molecule has 21 heavy (non-hydrogen) atoms. The molecule has 0 fully saturated rings. The zero-order valence-corrected chi connectivity index (χ0v) is 15.6. The molecule has 2 heterocycles. The maximum absolute atomic E-state index is 6.75. The molecule has 1 aliphatic rings. The molecule has 0 aromatic carbocycles. The topological polar surface area (TPSA) is 47.1 Å². The van der Waals surface area contributed by atoms with Gasteiger partial charge in [0.2, 0.25) is 0 Å². The monoisotopic (exact) mass is 311 g/mol. The van der Waals surface area contributed by atoms with E-state index < -0.39 is 8.32 Å². The van der Waals surface area contributed by atoms with Crippen molar-refractivity contribution in [3.8, 4) is 5.88 Å². The fraction of sp³-hybridized carbons (Fsp3) is 0.812. The molecule has 122 valence electrons. The number of H-pyrrole nitrogens is 1. The summed E-state index contributed by atoms with van der Waals surface area (Å²) in [7, 11) is -2.28. The predicted octanol–water partition coefficient (Wildman–Crippen LogP) is 3.81. The summed E-state index contributed by atoms with van der Waals surface area (Å²) in [6.07, 6.45) is 1.82. The minimum absolute atomic E-state index is 0.590. The van der Waals surface area contributed by atoms with Crippen LogP contribution in [0.4, 0.5) is 0 Å². The predicted molar refractivity (Wildman–Crippen MR) is 89.9 cm³/mol. The normalized spacial score (nSPS) is 17.2. The second kappa shape index (κ2) is 6.52. The van der Waals surface area contributed by atoms with Crippen molar-refractivity contribution in [3.05, 3.63) is 11.3 Å². The van der Waals surface area contributed by atoms with Crippen LogP contribution >= 0.6 is 0 Å². The van der Waals surface area contributed by atoms with Crippen molar-refractivity contribution in [2.75, 3.05) is 13.2 Å². The number of nitrogens with one attached hydrogen (secondary N) is 1. The molecule has 1 aromatic heterocycles. The van der Waals surface area contributed by atoms with Gasteiger partial charge in [-0.3, -0.25) is 0 Å². The molecule has 0 radical (unpaired) electrons. The molecule has 2 rings (SSSR count). The molecule has 4 nitrogen and oxygen atoms in total. The van der Waals surface area contributed by atoms with Crippen LogP contribution < -0.4 is 4.43 Å². The van der Waals surface area contributed by atoms with E-state index in [0.717, 1.165) is 31.9 Å². The first-order valence-electron chi connectivity index (χ1n) is 8.39. The third-order valence-electron chi connectivity index (χ3n) is 5.35. The van der Waals surface area contributed by atoms with Crippen LogP contribution in [0.5, 0.6) is 5.88 Å². The molecule has 0 aliphatic carbocycles. The molecule has 0 unspecified atom stereocenters. The molecule has 0 bridgehead atoms. The van der Waals surface area contributed by atoms with Gasteiger partial charge in [-0.1, -0.05) is 0 Å². The average Bonchev–Trinajstić information content (AvgIpc) is 2.62. The van der Waals surface area contributed by atoms with Crippen LogP contribution in [0.15, 0.2) is 0 Å². The first-order chi connectivity index (χ1) is 9.89. The van der Waals surface area contributed by atoms with E-state index in [1.165, 1.54) is 11.3 Å². The SMILES string of the molecule is CC(C)[SiH-](Oc1n[nH]c2c1CCOCC2)(C(C)C)C(C)C. The summed E-state index contributed by atoms with van der Waals surface area (Å²) in [4.78, 5) is 0. The van der Waals surface area contributed by atoms with Crippen molar-refractivity contribution in [1.29, 1.82) is 0 Å². The van der Waals surface area contributed by atoms with Gasteiger partial charge in [0.15, 0.2) is 0 Å². The number of rotatable bonds is 5. The zero-order valence-electron chi connectivity index (χ0n) is 14.4. The average molecular weight is 312 g/mol. The Labute approximate surface area is 129 Å². The van der Waals surface area contributed by atoms with Crippen molar-refractivity contribution in [1.82, 2.24) is 10.2 Å². The van der Waals surface area contributed by atoms with Crippen LogP contribution in [0.25, 0.3) is 0 Å². The number of aromatic amines is 1. The summed E-state index contributed by atoms with van der Waals surface area (Å²) in [6, 6.07) is 0. The van der Waals surface area contributed by atoms with Crippen LogP contribution in [0.1, 0.15) is 52.8 Å². The van der Waals surface area contributed by atoms with E-state index in [4.69, 9.17) is 9.16 Å². The quantitative estimate of drug-likeness (QED) is 0.841. The number of ether oxygens (including phenoxy) is 1. The molecule has 0 atom stereocenters. The van der Waals surface area contributed by atoms with E-state index in [1.54, 1.807) is 0 Å². The molecule has 0 saturated heterocycles. The Kier molecular flexibility index (Phi) is 5.14. The standard InChI is InChI=1S/C16H31N2O2Si/c1-11(2)21(12(3)4,13(5)6)20-16-14-7-9-19-10-8-15(14)17-18-16/h11-13,21H,7-10H2,1-6H3,(H,17,18)/q-1. The van der Waals surface area contributed by atoms with Crippen LogP contribution in [-0.4, -0.2) is 31.7 Å². The first kappa shape index (κ1) is 16.6. The van der Waals surface area contributed by atoms with Gasteiger partial charge in [0.05, 0.1) is 0 Å². The summed E-state index contributed by atoms with van der Waals surface area (Å²) in [5, 5.41) is 7.69. The van der Waals surface area contributed by atoms with Gasteiger partial charge in [-0.15, -0.1) is 0 Å². The summed E-state index contributed by atoms with van der Waals surface area (Å²) in [5.74, 6) is 0.858. The Hall–Kier alpha value is -0.813. The van der Waals surface area contributed by atoms with Crippen molar-refractivity contribution in [3.63, 3.8) is 0 Å². The molecule has 1 N–H and O–H groups in total. The summed E-state index contributed by atoms with van der Waals surface area (Å²) in [5.41, 5.74) is 4.22. The second-order valence-corrected chi connectivity index (χ2v) is 13.6. The van der Waals surface area contributed by atoms with Gasteiger partial charge in [-0.25, -0.2) is 0 Å². The molecule has 0 saturated carbocycles. The van der Waals surface area contributed by atoms with E-state index in [1.807, 2.05) is 0 Å². The fourth-order valence-corrected chi connectivity index (χ4v) is 10.3. The first-order valence-corrected chi connectivity index (χ1v) is 10.9. The Bertz CT molecular complexity index is 447. The Balaban J connectivity index is 2.35. The van der Waals surface area contributed by atoms with Crippen molar-refractivity contribution in [2.24, 2.45) is 0 Å². The van der Waals surface area contributed by atoms with Gasteiger partial charge in [0.1, 0.15) is 0 Å². The summed E-state index contributed by atoms with van der Waals surface area (Å²) < 4.78 is 12.3. The van der Waals surface area contributed by atoms with Gasteiger partial charge in [-0.05, 0) is 0 Å². The summed E-state index contributed by atoms with van der Waals surface area (Å²) >= 11 is 0. The maximum atomic E-state index is 6.75. The number of hydrogen-bond donors (Lipinski definition) is 1. The van der Waals surface area contributed by atoms with Gasteiger partial charge >= 0.3 is 129 Å².